The van der Waals surface area contributed by atoms with Crippen molar-refractivity contribution in [3.05, 3.63) is 0 Å². The van der Waals surface area contributed by atoms with E-state index in [4.69, 9.17) is 14.9 Å². The summed E-state index contributed by atoms with van der Waals surface area (Å²) in [7, 11) is 0. The van der Waals surface area contributed by atoms with Gasteiger partial charge in [0.2, 0.25) is 6.41 Å². The number of rotatable bonds is 16. The minimum Gasteiger partial charge on any atom is -0.481 e. The molecule has 2 atom stereocenters. The summed E-state index contributed by atoms with van der Waals surface area (Å²) in [5.74, 6) is -1.86. The Balaban J connectivity index is 4.38. The van der Waals surface area contributed by atoms with Crippen molar-refractivity contribution in [3.63, 3.8) is 0 Å². The van der Waals surface area contributed by atoms with Gasteiger partial charge in [0.25, 0.3) is 0 Å². The number of thioether (sulfide) groups is 1. The number of amides is 1. The molecule has 0 aromatic rings. The second-order valence-electron chi connectivity index (χ2n) is 5.62. The van der Waals surface area contributed by atoms with E-state index in [1.165, 1.54) is 11.8 Å². The summed E-state index contributed by atoms with van der Waals surface area (Å²) in [4.78, 5) is 44.1. The summed E-state index contributed by atoms with van der Waals surface area (Å²) >= 11 is 1.53. The molecule has 0 radical (unpaired) electrons. The van der Waals surface area contributed by atoms with Gasteiger partial charge in [-0.15, -0.1) is 0 Å². The fourth-order valence-electron chi connectivity index (χ4n) is 2.23. The SMILES string of the molecule is CSCC[C@H](NC=O)C(=O)OC(CCCCCCC(=O)O)CC(=O)O. The Kier molecular flexibility index (Phi) is 13.5. The average Bonchev–Trinajstić information content (AvgIpc) is 2.53. The number of hydrogen-bond donors (Lipinski definition) is 3. The predicted molar refractivity (Wildman–Crippen MR) is 93.5 cm³/mol. The van der Waals surface area contributed by atoms with Crippen LogP contribution in [-0.2, 0) is 23.9 Å². The number of hydrogen-bond acceptors (Lipinski definition) is 6. The molecule has 1 unspecified atom stereocenters. The Morgan fingerprint density at radius 1 is 1.08 bits per heavy atom. The van der Waals surface area contributed by atoms with E-state index < -0.39 is 30.1 Å². The van der Waals surface area contributed by atoms with Crippen LogP contribution < -0.4 is 5.32 Å². The van der Waals surface area contributed by atoms with Crippen LogP contribution in [0.25, 0.3) is 0 Å². The lowest BCUT2D eigenvalue weighted by molar-refractivity contribution is -0.156. The molecule has 0 bridgehead atoms. The minimum atomic E-state index is -1.06. The number of carboxylic acid groups (broad SMARTS) is 2. The Bertz CT molecular complexity index is 431. The lowest BCUT2D eigenvalue weighted by Crippen LogP contribution is -2.39. The highest BCUT2D eigenvalue weighted by atomic mass is 32.2. The third kappa shape index (κ3) is 13.2. The van der Waals surface area contributed by atoms with E-state index in [1.54, 1.807) is 0 Å². The van der Waals surface area contributed by atoms with Crippen LogP contribution in [0.3, 0.4) is 0 Å². The zero-order valence-electron chi connectivity index (χ0n) is 14.4. The molecule has 0 rings (SSSR count). The highest BCUT2D eigenvalue weighted by Crippen LogP contribution is 2.14. The second-order valence-corrected chi connectivity index (χ2v) is 6.61. The normalized spacial score (nSPS) is 12.8. The molecule has 0 heterocycles. The number of ether oxygens (including phenoxy) is 1. The van der Waals surface area contributed by atoms with Crippen molar-refractivity contribution in [2.24, 2.45) is 0 Å². The van der Waals surface area contributed by atoms with Gasteiger partial charge in [0.05, 0.1) is 6.42 Å². The number of unbranched alkanes of at least 4 members (excludes halogenated alkanes) is 3. The molecule has 0 saturated heterocycles. The van der Waals surface area contributed by atoms with Gasteiger partial charge in [0, 0.05) is 6.42 Å². The molecule has 25 heavy (non-hydrogen) atoms. The fraction of sp³-hybridized carbons (Fsp3) is 0.750. The molecule has 1 amide bonds. The van der Waals surface area contributed by atoms with Gasteiger partial charge in [-0.25, -0.2) is 4.79 Å². The van der Waals surface area contributed by atoms with Crippen LogP contribution in [0.5, 0.6) is 0 Å². The number of esters is 1. The van der Waals surface area contributed by atoms with Crippen LogP contribution in [0, 0.1) is 0 Å². The van der Waals surface area contributed by atoms with E-state index in [2.05, 4.69) is 5.32 Å². The first kappa shape index (κ1) is 23.2. The van der Waals surface area contributed by atoms with Crippen molar-refractivity contribution in [1.29, 1.82) is 0 Å². The first-order valence-electron chi connectivity index (χ1n) is 8.23. The quantitative estimate of drug-likeness (QED) is 0.210. The molecule has 0 aromatic carbocycles. The number of aliphatic carboxylic acids is 2. The Hall–Kier alpha value is -1.77. The summed E-state index contributed by atoms with van der Waals surface area (Å²) < 4.78 is 5.27. The van der Waals surface area contributed by atoms with Gasteiger partial charge in [-0.2, -0.15) is 11.8 Å². The monoisotopic (exact) mass is 377 g/mol. The summed E-state index contributed by atoms with van der Waals surface area (Å²) in [6.07, 6.45) is 4.85. The maximum atomic E-state index is 12.1. The van der Waals surface area contributed by atoms with E-state index in [1.807, 2.05) is 6.26 Å². The van der Waals surface area contributed by atoms with Crippen LogP contribution >= 0.6 is 11.8 Å². The maximum Gasteiger partial charge on any atom is 0.328 e. The average molecular weight is 377 g/mol. The molecule has 8 nitrogen and oxygen atoms in total. The lowest BCUT2D eigenvalue weighted by atomic mass is 10.1. The van der Waals surface area contributed by atoms with Crippen LogP contribution in [0.1, 0.15) is 51.4 Å². The fourth-order valence-corrected chi connectivity index (χ4v) is 2.70. The molecule has 0 aliphatic heterocycles. The van der Waals surface area contributed by atoms with Gasteiger partial charge < -0.3 is 20.3 Å². The third-order valence-corrected chi connectivity index (χ3v) is 4.16. The van der Waals surface area contributed by atoms with E-state index in [0.29, 0.717) is 37.8 Å². The zero-order valence-corrected chi connectivity index (χ0v) is 15.3. The molecule has 0 aromatic heterocycles. The molecule has 0 fully saturated rings. The highest BCUT2D eigenvalue weighted by Gasteiger charge is 2.24. The van der Waals surface area contributed by atoms with Crippen molar-refractivity contribution < 1.29 is 34.1 Å². The molecule has 0 saturated carbocycles. The van der Waals surface area contributed by atoms with Gasteiger partial charge in [0.1, 0.15) is 12.1 Å². The number of carbonyl (C=O) groups excluding carboxylic acids is 2. The van der Waals surface area contributed by atoms with Gasteiger partial charge in [0.15, 0.2) is 0 Å². The van der Waals surface area contributed by atoms with E-state index in [9.17, 15) is 19.2 Å². The summed E-state index contributed by atoms with van der Waals surface area (Å²) in [6.45, 7) is 0. The second kappa shape index (κ2) is 14.6. The molecule has 0 aliphatic carbocycles. The summed E-state index contributed by atoms with van der Waals surface area (Å²) in [6, 6.07) is -0.781. The molecule has 0 spiro atoms. The standard InChI is InChI=1S/C16H27NO7S/c1-25-9-8-13(17-11-18)16(23)24-12(10-15(21)22)6-4-2-3-5-7-14(19)20/h11-13H,2-10H2,1H3,(H,17,18)(H,19,20)(H,21,22)/t12?,13-/m0/s1. The predicted octanol–water partition coefficient (Wildman–Crippen LogP) is 1.67. The Morgan fingerprint density at radius 3 is 2.32 bits per heavy atom. The van der Waals surface area contributed by atoms with Crippen molar-refractivity contribution in [2.45, 2.75) is 63.5 Å². The van der Waals surface area contributed by atoms with Crippen molar-refractivity contribution >= 4 is 36.1 Å². The Morgan fingerprint density at radius 2 is 1.76 bits per heavy atom. The number of carboxylic acids is 2. The highest BCUT2D eigenvalue weighted by molar-refractivity contribution is 7.98. The van der Waals surface area contributed by atoms with E-state index >= 15 is 0 Å². The van der Waals surface area contributed by atoms with Gasteiger partial charge in [-0.1, -0.05) is 12.8 Å². The van der Waals surface area contributed by atoms with Crippen LogP contribution in [0.15, 0.2) is 0 Å². The molecule has 9 heteroatoms. The van der Waals surface area contributed by atoms with Crippen LogP contribution in [0.4, 0.5) is 0 Å². The van der Waals surface area contributed by atoms with E-state index in [-0.39, 0.29) is 12.8 Å². The first-order chi connectivity index (χ1) is 11.9. The lowest BCUT2D eigenvalue weighted by Gasteiger charge is -2.20. The van der Waals surface area contributed by atoms with Crippen molar-refractivity contribution in [1.82, 2.24) is 5.32 Å². The van der Waals surface area contributed by atoms with Crippen molar-refractivity contribution in [3.8, 4) is 0 Å². The van der Waals surface area contributed by atoms with Gasteiger partial charge >= 0.3 is 17.9 Å². The van der Waals surface area contributed by atoms with Crippen LogP contribution in [0.2, 0.25) is 0 Å². The topological polar surface area (TPSA) is 130 Å². The molecular weight excluding hydrogens is 350 g/mol. The zero-order chi connectivity index (χ0) is 19.1. The largest absolute Gasteiger partial charge is 0.481 e. The molecular formula is C16H27NO7S. The number of carbonyl (C=O) groups is 4. The van der Waals surface area contributed by atoms with Gasteiger partial charge in [-0.05, 0) is 37.7 Å². The van der Waals surface area contributed by atoms with Gasteiger partial charge in [-0.3, -0.25) is 14.4 Å². The van der Waals surface area contributed by atoms with Crippen LogP contribution in [-0.4, -0.2) is 58.7 Å². The number of nitrogens with one attached hydrogen (secondary N) is 1. The molecule has 3 N–H and O–H groups in total. The summed E-state index contributed by atoms with van der Waals surface area (Å²) in [5, 5.41) is 19.9. The van der Waals surface area contributed by atoms with Crippen molar-refractivity contribution in [2.75, 3.05) is 12.0 Å². The Labute approximate surface area is 151 Å². The maximum absolute atomic E-state index is 12.1. The summed E-state index contributed by atoms with van der Waals surface area (Å²) in [5.41, 5.74) is 0. The first-order valence-corrected chi connectivity index (χ1v) is 9.62. The third-order valence-electron chi connectivity index (χ3n) is 3.52. The minimum absolute atomic E-state index is 0.113. The molecule has 144 valence electrons. The van der Waals surface area contributed by atoms with E-state index in [0.717, 1.165) is 12.8 Å². The smallest absolute Gasteiger partial charge is 0.328 e. The molecule has 0 aliphatic rings.